The number of fused-ring (bicyclic) bond motifs is 3. The number of pyridine rings is 1. The van der Waals surface area contributed by atoms with Crippen molar-refractivity contribution < 1.29 is 24.2 Å². The zero-order valence-electron chi connectivity index (χ0n) is 17.9. The maximum absolute atomic E-state index is 12.4. The number of nitrogens with zero attached hydrogens (tertiary/aromatic N) is 1. The van der Waals surface area contributed by atoms with Crippen molar-refractivity contribution in [3.8, 4) is 11.1 Å². The number of carboxylic acid groups (broad SMARTS) is 1. The highest BCUT2D eigenvalue weighted by molar-refractivity contribution is 5.86. The lowest BCUT2D eigenvalue weighted by molar-refractivity contribution is -0.141. The van der Waals surface area contributed by atoms with Gasteiger partial charge in [-0.15, -0.1) is 0 Å². The Morgan fingerprint density at radius 1 is 1.00 bits per heavy atom. The van der Waals surface area contributed by atoms with Gasteiger partial charge in [-0.1, -0.05) is 48.5 Å². The fraction of sp³-hybridized carbons (Fsp3) is 0.200. The van der Waals surface area contributed by atoms with E-state index in [0.717, 1.165) is 22.3 Å². The molecule has 3 aromatic rings. The van der Waals surface area contributed by atoms with E-state index >= 15 is 0 Å². The highest BCUT2D eigenvalue weighted by Crippen LogP contribution is 2.44. The van der Waals surface area contributed by atoms with Crippen LogP contribution in [0, 0.1) is 0 Å². The average Bonchev–Trinajstić information content (AvgIpc) is 3.12. The molecule has 4 rings (SSSR count). The Morgan fingerprint density at radius 2 is 1.64 bits per heavy atom. The van der Waals surface area contributed by atoms with Gasteiger partial charge in [0.2, 0.25) is 5.91 Å². The van der Waals surface area contributed by atoms with Crippen LogP contribution in [0.1, 0.15) is 29.7 Å². The Bertz CT molecular complexity index is 1150. The molecule has 8 heteroatoms. The van der Waals surface area contributed by atoms with Crippen LogP contribution in [0.15, 0.2) is 66.9 Å². The number of aliphatic carboxylic acids is 1. The van der Waals surface area contributed by atoms with Crippen molar-refractivity contribution in [1.82, 2.24) is 10.3 Å². The maximum Gasteiger partial charge on any atom is 0.411 e. The first-order valence-electron chi connectivity index (χ1n) is 10.5. The van der Waals surface area contributed by atoms with Gasteiger partial charge < -0.3 is 15.2 Å². The molecule has 2 amide bonds. The molecule has 0 saturated heterocycles. The number of carbonyl (C=O) groups excluding carboxylic acids is 2. The Labute approximate surface area is 190 Å². The van der Waals surface area contributed by atoms with Crippen molar-refractivity contribution >= 4 is 23.7 Å². The van der Waals surface area contributed by atoms with Crippen molar-refractivity contribution in [1.29, 1.82) is 0 Å². The van der Waals surface area contributed by atoms with Gasteiger partial charge in [-0.25, -0.2) is 4.79 Å². The lowest BCUT2D eigenvalue weighted by atomic mass is 9.98. The molecule has 0 saturated carbocycles. The molecular formula is C25H23N3O5. The molecule has 0 fully saturated rings. The lowest BCUT2D eigenvalue weighted by Gasteiger charge is -2.14. The van der Waals surface area contributed by atoms with Crippen LogP contribution in [-0.2, 0) is 20.7 Å². The van der Waals surface area contributed by atoms with Gasteiger partial charge in [-0.05, 0) is 41.3 Å². The van der Waals surface area contributed by atoms with Crippen LogP contribution in [0.2, 0.25) is 0 Å². The van der Waals surface area contributed by atoms with Crippen molar-refractivity contribution in [2.75, 3.05) is 11.9 Å². The normalized spacial score (nSPS) is 12.9. The Kier molecular flexibility index (Phi) is 6.35. The molecule has 8 nitrogen and oxygen atoms in total. The zero-order valence-corrected chi connectivity index (χ0v) is 17.9. The molecule has 1 heterocycles. The van der Waals surface area contributed by atoms with Crippen molar-refractivity contribution in [2.24, 2.45) is 0 Å². The Morgan fingerprint density at radius 3 is 2.21 bits per heavy atom. The molecule has 0 spiro atoms. The molecular weight excluding hydrogens is 422 g/mol. The molecule has 3 N–H and O–H groups in total. The molecule has 33 heavy (non-hydrogen) atoms. The summed E-state index contributed by atoms with van der Waals surface area (Å²) in [6.07, 6.45) is 0.757. The maximum atomic E-state index is 12.4. The molecule has 2 aromatic carbocycles. The zero-order chi connectivity index (χ0) is 23.4. The molecule has 1 aliphatic rings. The minimum Gasteiger partial charge on any atom is -0.480 e. The standard InChI is InChI=1S/C25H23N3O5/c1-15(24(30)31)27-23(29)12-16-10-11-17(13-26-16)28-25(32)33-14-22-20-8-4-2-6-18(20)19-7-3-5-9-21(19)22/h2-11,13,15,22H,12,14H2,1H3,(H,27,29)(H,28,32)(H,30,31)/t15-/m0/s1. The van der Waals surface area contributed by atoms with E-state index in [-0.39, 0.29) is 18.9 Å². The van der Waals surface area contributed by atoms with Gasteiger partial charge >= 0.3 is 12.1 Å². The minimum atomic E-state index is -1.11. The summed E-state index contributed by atoms with van der Waals surface area (Å²) >= 11 is 0. The van der Waals surface area contributed by atoms with Gasteiger partial charge in [0.25, 0.3) is 0 Å². The van der Waals surface area contributed by atoms with E-state index in [1.807, 2.05) is 24.3 Å². The van der Waals surface area contributed by atoms with Crippen molar-refractivity contribution in [3.05, 3.63) is 83.7 Å². The molecule has 0 bridgehead atoms. The molecule has 1 aromatic heterocycles. The molecule has 1 atom stereocenters. The summed E-state index contributed by atoms with van der Waals surface area (Å²) in [7, 11) is 0. The van der Waals surface area contributed by atoms with Crippen molar-refractivity contribution in [3.63, 3.8) is 0 Å². The van der Waals surface area contributed by atoms with Crippen LogP contribution in [0.25, 0.3) is 11.1 Å². The number of nitrogens with one attached hydrogen (secondary N) is 2. The van der Waals surface area contributed by atoms with E-state index in [4.69, 9.17) is 9.84 Å². The highest BCUT2D eigenvalue weighted by Gasteiger charge is 2.29. The SMILES string of the molecule is C[C@H](NC(=O)Cc1ccc(NC(=O)OCC2c3ccccc3-c3ccccc32)cn1)C(=O)O. The smallest absolute Gasteiger partial charge is 0.411 e. The largest absolute Gasteiger partial charge is 0.480 e. The number of hydrogen-bond acceptors (Lipinski definition) is 5. The number of carbonyl (C=O) groups is 3. The third-order valence-electron chi connectivity index (χ3n) is 5.50. The number of rotatable bonds is 7. The minimum absolute atomic E-state index is 0.0321. The average molecular weight is 445 g/mol. The first-order valence-corrected chi connectivity index (χ1v) is 10.5. The van der Waals surface area contributed by atoms with Gasteiger partial charge in [-0.3, -0.25) is 19.9 Å². The number of ether oxygens (including phenoxy) is 1. The molecule has 0 radical (unpaired) electrons. The molecule has 1 aliphatic carbocycles. The molecule has 0 aliphatic heterocycles. The molecule has 0 unspecified atom stereocenters. The first kappa shape index (κ1) is 22.0. The Balaban J connectivity index is 1.33. The summed E-state index contributed by atoms with van der Waals surface area (Å²) in [4.78, 5) is 39.2. The summed E-state index contributed by atoms with van der Waals surface area (Å²) in [5.74, 6) is -1.59. The van der Waals surface area contributed by atoms with Gasteiger partial charge in [0.1, 0.15) is 12.6 Å². The monoisotopic (exact) mass is 445 g/mol. The van der Waals surface area contributed by atoms with Crippen LogP contribution in [0.3, 0.4) is 0 Å². The van der Waals surface area contributed by atoms with E-state index in [1.54, 1.807) is 12.1 Å². The van der Waals surface area contributed by atoms with Crippen LogP contribution in [0.4, 0.5) is 10.5 Å². The van der Waals surface area contributed by atoms with E-state index in [0.29, 0.717) is 11.4 Å². The van der Waals surface area contributed by atoms with Gasteiger partial charge in [0.05, 0.1) is 18.3 Å². The van der Waals surface area contributed by atoms with E-state index < -0.39 is 24.0 Å². The van der Waals surface area contributed by atoms with E-state index in [9.17, 15) is 14.4 Å². The van der Waals surface area contributed by atoms with Crippen LogP contribution >= 0.6 is 0 Å². The third-order valence-corrected chi connectivity index (χ3v) is 5.50. The molecule has 168 valence electrons. The number of hydrogen-bond donors (Lipinski definition) is 3. The lowest BCUT2D eigenvalue weighted by Crippen LogP contribution is -2.39. The van der Waals surface area contributed by atoms with Crippen LogP contribution in [0.5, 0.6) is 0 Å². The second kappa shape index (κ2) is 9.52. The summed E-state index contributed by atoms with van der Waals surface area (Å²) in [5.41, 5.74) is 5.45. The van der Waals surface area contributed by atoms with E-state index in [1.165, 1.54) is 13.1 Å². The second-order valence-corrected chi connectivity index (χ2v) is 7.79. The highest BCUT2D eigenvalue weighted by atomic mass is 16.5. The summed E-state index contributed by atoms with van der Waals surface area (Å²) in [6.45, 7) is 1.59. The van der Waals surface area contributed by atoms with Crippen molar-refractivity contribution in [2.45, 2.75) is 25.3 Å². The predicted molar refractivity (Wildman–Crippen MR) is 122 cm³/mol. The number of carboxylic acids is 1. The third kappa shape index (κ3) is 5.01. The fourth-order valence-corrected chi connectivity index (χ4v) is 3.87. The number of anilines is 1. The second-order valence-electron chi connectivity index (χ2n) is 7.79. The summed E-state index contributed by atoms with van der Waals surface area (Å²) < 4.78 is 5.51. The number of amides is 2. The van der Waals surface area contributed by atoms with Crippen LogP contribution < -0.4 is 10.6 Å². The number of aromatic nitrogens is 1. The first-order chi connectivity index (χ1) is 15.9. The fourth-order valence-electron chi connectivity index (χ4n) is 3.87. The summed E-state index contributed by atoms with van der Waals surface area (Å²) in [5, 5.41) is 13.8. The quantitative estimate of drug-likeness (QED) is 0.512. The van der Waals surface area contributed by atoms with Gasteiger partial charge in [-0.2, -0.15) is 0 Å². The van der Waals surface area contributed by atoms with Crippen LogP contribution in [-0.4, -0.2) is 40.7 Å². The number of benzene rings is 2. The predicted octanol–water partition coefficient (Wildman–Crippen LogP) is 3.57. The van der Waals surface area contributed by atoms with Gasteiger partial charge in [0, 0.05) is 11.6 Å². The van der Waals surface area contributed by atoms with Gasteiger partial charge in [0.15, 0.2) is 0 Å². The summed E-state index contributed by atoms with van der Waals surface area (Å²) in [6, 6.07) is 18.4. The topological polar surface area (TPSA) is 118 Å². The Hall–Kier alpha value is -4.20. The van der Waals surface area contributed by atoms with E-state index in [2.05, 4.69) is 39.9 Å².